The largest absolute Gasteiger partial charge is 0.244 e. The van der Waals surface area contributed by atoms with Crippen LogP contribution in [0.4, 0.5) is 0 Å². The molecule has 0 N–H and O–H groups in total. The molecule has 0 atom stereocenters. The molecule has 62 heavy (non-hydrogen) atoms. The fraction of sp³-hybridized carbons (Fsp3) is 0. The minimum atomic E-state index is 0.861. The van der Waals surface area contributed by atoms with Gasteiger partial charge in [0.25, 0.3) is 0 Å². The first-order valence-corrected chi connectivity index (χ1v) is 21.2. The zero-order valence-electron chi connectivity index (χ0n) is 33.8. The number of benzene rings is 11. The lowest BCUT2D eigenvalue weighted by molar-refractivity contribution is 1.29. The second-order valence-electron chi connectivity index (χ2n) is 16.0. The second kappa shape index (κ2) is 14.8. The Hall–Kier alpha value is -8.20. The molecule has 1 aromatic heterocycles. The van der Waals surface area contributed by atoms with Gasteiger partial charge in [0.1, 0.15) is 0 Å². The predicted molar refractivity (Wildman–Crippen MR) is 262 cm³/mol. The van der Waals surface area contributed by atoms with E-state index in [1.54, 1.807) is 0 Å². The standard InChI is InChI=1S/C60H38N2/c1-3-17-39(18-4-1)55-45-21-7-11-25-49(45)57(50-26-12-8-22-46(50)55)41-31-35-43(36-32-41)59-60(62-54-30-16-15-29-53(54)61-59)44-37-33-42(34-38-44)58-51-27-13-9-23-47(51)56(40-19-5-2-6-20-40)48-24-10-14-28-52(48)58/h1-38H. The zero-order chi connectivity index (χ0) is 41.0. The van der Waals surface area contributed by atoms with Gasteiger partial charge in [-0.2, -0.15) is 0 Å². The number of rotatable bonds is 6. The van der Waals surface area contributed by atoms with Crippen LogP contribution in [0.1, 0.15) is 0 Å². The Morgan fingerprint density at radius 1 is 0.177 bits per heavy atom. The molecule has 0 aliphatic carbocycles. The summed E-state index contributed by atoms with van der Waals surface area (Å²) in [6.07, 6.45) is 0. The maximum absolute atomic E-state index is 5.31. The highest BCUT2D eigenvalue weighted by Crippen LogP contribution is 2.46. The predicted octanol–water partition coefficient (Wildman–Crippen LogP) is 16.2. The van der Waals surface area contributed by atoms with Crippen LogP contribution >= 0.6 is 0 Å². The molecule has 288 valence electrons. The molecule has 0 radical (unpaired) electrons. The van der Waals surface area contributed by atoms with Crippen LogP contribution in [0.15, 0.2) is 231 Å². The summed E-state index contributed by atoms with van der Waals surface area (Å²) in [5.74, 6) is 0. The molecule has 0 bridgehead atoms. The lowest BCUT2D eigenvalue weighted by Crippen LogP contribution is -1.96. The number of nitrogens with zero attached hydrogens (tertiary/aromatic N) is 2. The van der Waals surface area contributed by atoms with Gasteiger partial charge < -0.3 is 0 Å². The summed E-state index contributed by atoms with van der Waals surface area (Å²) in [6.45, 7) is 0. The second-order valence-corrected chi connectivity index (χ2v) is 16.0. The molecular formula is C60H38N2. The monoisotopic (exact) mass is 786 g/mol. The SMILES string of the molecule is c1ccc(-c2c3ccccc3c(-c3ccc(-c4nc5ccccc5nc4-c4ccc(-c5c6ccccc6c(-c6ccccc6)c6ccccc56)cc4)cc3)c3ccccc23)cc1. The first-order chi connectivity index (χ1) is 30.8. The molecule has 2 nitrogen and oxygen atoms in total. The van der Waals surface area contributed by atoms with E-state index in [-0.39, 0.29) is 0 Å². The highest BCUT2D eigenvalue weighted by Gasteiger charge is 2.20. The fourth-order valence-corrected chi connectivity index (χ4v) is 9.70. The van der Waals surface area contributed by atoms with Gasteiger partial charge in [-0.3, -0.25) is 0 Å². The van der Waals surface area contributed by atoms with Crippen molar-refractivity contribution in [2.75, 3.05) is 0 Å². The topological polar surface area (TPSA) is 25.8 Å². The van der Waals surface area contributed by atoms with Crippen LogP contribution in [0.2, 0.25) is 0 Å². The highest BCUT2D eigenvalue weighted by molar-refractivity contribution is 6.22. The van der Waals surface area contributed by atoms with Crippen LogP contribution in [0.25, 0.3) is 121 Å². The van der Waals surface area contributed by atoms with E-state index in [0.29, 0.717) is 0 Å². The summed E-state index contributed by atoms with van der Waals surface area (Å²) in [4.78, 5) is 10.6. The first-order valence-electron chi connectivity index (χ1n) is 21.2. The van der Waals surface area contributed by atoms with Gasteiger partial charge in [-0.05, 0) is 99.7 Å². The number of aromatic nitrogens is 2. The van der Waals surface area contributed by atoms with Gasteiger partial charge in [0.15, 0.2) is 0 Å². The van der Waals surface area contributed by atoms with E-state index in [2.05, 4.69) is 218 Å². The maximum Gasteiger partial charge on any atom is 0.0973 e. The smallest absolute Gasteiger partial charge is 0.0973 e. The minimum absolute atomic E-state index is 0.861. The van der Waals surface area contributed by atoms with Crippen LogP contribution < -0.4 is 0 Å². The Morgan fingerprint density at radius 2 is 0.387 bits per heavy atom. The Kier molecular flexibility index (Phi) is 8.53. The van der Waals surface area contributed by atoms with Gasteiger partial charge in [-0.25, -0.2) is 9.97 Å². The molecule has 0 spiro atoms. The van der Waals surface area contributed by atoms with Gasteiger partial charge in [-0.1, -0.05) is 218 Å². The molecule has 12 rings (SSSR count). The summed E-state index contributed by atoms with van der Waals surface area (Å²) in [7, 11) is 0. The van der Waals surface area contributed by atoms with E-state index in [0.717, 1.165) is 44.7 Å². The molecule has 0 aliphatic rings. The van der Waals surface area contributed by atoms with Crippen LogP contribution in [-0.4, -0.2) is 9.97 Å². The van der Waals surface area contributed by atoms with Crippen molar-refractivity contribution in [1.29, 1.82) is 0 Å². The average molecular weight is 787 g/mol. The van der Waals surface area contributed by atoms with E-state index in [4.69, 9.17) is 9.97 Å². The molecule has 0 unspecified atom stereocenters. The summed E-state index contributed by atoms with van der Waals surface area (Å²) in [5.41, 5.74) is 15.3. The maximum atomic E-state index is 5.31. The molecule has 0 saturated heterocycles. The third kappa shape index (κ3) is 5.88. The molecule has 0 fully saturated rings. The quantitative estimate of drug-likeness (QED) is 0.157. The van der Waals surface area contributed by atoms with Crippen molar-refractivity contribution in [3.05, 3.63) is 231 Å². The summed E-state index contributed by atoms with van der Waals surface area (Å²) in [6, 6.07) is 82.8. The molecule has 0 amide bonds. The van der Waals surface area contributed by atoms with Crippen LogP contribution in [0.3, 0.4) is 0 Å². The van der Waals surface area contributed by atoms with Crippen molar-refractivity contribution < 1.29 is 0 Å². The van der Waals surface area contributed by atoms with Gasteiger partial charge in [0.2, 0.25) is 0 Å². The lowest BCUT2D eigenvalue weighted by Gasteiger charge is -2.18. The first kappa shape index (κ1) is 35.7. The Balaban J connectivity index is 0.993. The van der Waals surface area contributed by atoms with Gasteiger partial charge in [0.05, 0.1) is 22.4 Å². The highest BCUT2D eigenvalue weighted by atomic mass is 14.8. The van der Waals surface area contributed by atoms with Crippen LogP contribution in [0, 0.1) is 0 Å². The summed E-state index contributed by atoms with van der Waals surface area (Å²) in [5, 5.41) is 9.93. The Morgan fingerprint density at radius 3 is 0.661 bits per heavy atom. The number of hydrogen-bond donors (Lipinski definition) is 0. The molecule has 0 aliphatic heterocycles. The van der Waals surface area contributed by atoms with Crippen molar-refractivity contribution in [1.82, 2.24) is 9.97 Å². The Labute approximate surface area is 360 Å². The summed E-state index contributed by atoms with van der Waals surface area (Å²) >= 11 is 0. The van der Waals surface area contributed by atoms with Gasteiger partial charge >= 0.3 is 0 Å². The van der Waals surface area contributed by atoms with Crippen molar-refractivity contribution >= 4 is 54.1 Å². The van der Waals surface area contributed by atoms with E-state index in [1.165, 1.54) is 76.5 Å². The van der Waals surface area contributed by atoms with Gasteiger partial charge in [-0.15, -0.1) is 0 Å². The zero-order valence-corrected chi connectivity index (χ0v) is 33.8. The van der Waals surface area contributed by atoms with Crippen molar-refractivity contribution in [2.24, 2.45) is 0 Å². The number of fused-ring (bicyclic) bond motifs is 5. The Bertz CT molecular complexity index is 3290. The average Bonchev–Trinajstić information content (AvgIpc) is 3.35. The summed E-state index contributed by atoms with van der Waals surface area (Å²) < 4.78 is 0. The van der Waals surface area contributed by atoms with Gasteiger partial charge in [0, 0.05) is 11.1 Å². The number of hydrogen-bond acceptors (Lipinski definition) is 2. The number of para-hydroxylation sites is 2. The molecule has 2 heteroatoms. The molecular weight excluding hydrogens is 749 g/mol. The third-order valence-corrected chi connectivity index (χ3v) is 12.5. The van der Waals surface area contributed by atoms with Crippen LogP contribution in [-0.2, 0) is 0 Å². The minimum Gasteiger partial charge on any atom is -0.244 e. The molecule has 1 heterocycles. The molecule has 11 aromatic carbocycles. The van der Waals surface area contributed by atoms with Crippen molar-refractivity contribution in [3.63, 3.8) is 0 Å². The van der Waals surface area contributed by atoms with E-state index in [1.807, 2.05) is 12.1 Å². The van der Waals surface area contributed by atoms with E-state index < -0.39 is 0 Å². The normalized spacial score (nSPS) is 11.5. The fourth-order valence-electron chi connectivity index (χ4n) is 9.70. The van der Waals surface area contributed by atoms with E-state index in [9.17, 15) is 0 Å². The van der Waals surface area contributed by atoms with Crippen molar-refractivity contribution in [2.45, 2.75) is 0 Å². The molecule has 12 aromatic rings. The van der Waals surface area contributed by atoms with Crippen molar-refractivity contribution in [3.8, 4) is 67.0 Å². The van der Waals surface area contributed by atoms with E-state index >= 15 is 0 Å². The third-order valence-electron chi connectivity index (χ3n) is 12.5. The van der Waals surface area contributed by atoms with Crippen LogP contribution in [0.5, 0.6) is 0 Å². The lowest BCUT2D eigenvalue weighted by atomic mass is 9.85. The molecule has 0 saturated carbocycles.